The van der Waals surface area contributed by atoms with Crippen molar-refractivity contribution in [1.82, 2.24) is 4.98 Å². The lowest BCUT2D eigenvalue weighted by atomic mass is 9.96. The number of anilines is 2. The molecule has 0 radical (unpaired) electrons. The zero-order chi connectivity index (χ0) is 17.9. The minimum Gasteiger partial charge on any atom is -0.355 e. The van der Waals surface area contributed by atoms with E-state index in [4.69, 9.17) is 0 Å². The molecule has 1 aromatic carbocycles. The lowest BCUT2D eigenvalue weighted by molar-refractivity contribution is -0.120. The maximum absolute atomic E-state index is 12.8. The van der Waals surface area contributed by atoms with Crippen LogP contribution in [0, 0.1) is 5.92 Å². The van der Waals surface area contributed by atoms with Gasteiger partial charge in [0.1, 0.15) is 5.82 Å². The highest BCUT2D eigenvalue weighted by Gasteiger charge is 2.27. The van der Waals surface area contributed by atoms with Crippen molar-refractivity contribution in [2.45, 2.75) is 26.2 Å². The van der Waals surface area contributed by atoms with Gasteiger partial charge >= 0.3 is 0 Å². The van der Waals surface area contributed by atoms with Gasteiger partial charge in [0.25, 0.3) is 0 Å². The topological polar surface area (TPSA) is 45.2 Å². The van der Waals surface area contributed by atoms with Gasteiger partial charge in [-0.15, -0.1) is 11.3 Å². The molecule has 1 aliphatic rings. The van der Waals surface area contributed by atoms with Crippen molar-refractivity contribution >= 4 is 38.8 Å². The standard InChI is InChI=1S/C21H23N3OS/c1-2-15-5-7-17(8-6-15)23-21(25)16-4-3-12-24(14-16)20-18-10-13-26-19(18)9-11-22-20/h5-11,13,16H,2-4,12,14H2,1H3,(H,23,25). The van der Waals surface area contributed by atoms with Gasteiger partial charge in [0.15, 0.2) is 0 Å². The Morgan fingerprint density at radius 1 is 1.27 bits per heavy atom. The molecule has 1 fully saturated rings. The molecule has 1 N–H and O–H groups in total. The molecule has 0 bridgehead atoms. The molecule has 4 nitrogen and oxygen atoms in total. The predicted octanol–water partition coefficient (Wildman–Crippen LogP) is 4.71. The van der Waals surface area contributed by atoms with Crippen LogP contribution in [0.4, 0.5) is 11.5 Å². The average Bonchev–Trinajstić information content (AvgIpc) is 3.17. The molecule has 1 amide bonds. The highest BCUT2D eigenvalue weighted by atomic mass is 32.1. The Morgan fingerprint density at radius 3 is 2.92 bits per heavy atom. The van der Waals surface area contributed by atoms with E-state index in [9.17, 15) is 4.79 Å². The largest absolute Gasteiger partial charge is 0.355 e. The monoisotopic (exact) mass is 365 g/mol. The number of thiophene rings is 1. The minimum absolute atomic E-state index is 0.00899. The van der Waals surface area contributed by atoms with Crippen molar-refractivity contribution in [3.8, 4) is 0 Å². The Morgan fingerprint density at radius 2 is 2.12 bits per heavy atom. The van der Waals surface area contributed by atoms with Crippen LogP contribution in [0.15, 0.2) is 48.0 Å². The third-order valence-corrected chi connectivity index (χ3v) is 5.96. The first-order chi connectivity index (χ1) is 12.7. The number of rotatable bonds is 4. The van der Waals surface area contributed by atoms with Gasteiger partial charge in [-0.05, 0) is 54.5 Å². The summed E-state index contributed by atoms with van der Waals surface area (Å²) >= 11 is 1.73. The van der Waals surface area contributed by atoms with E-state index < -0.39 is 0 Å². The van der Waals surface area contributed by atoms with Crippen molar-refractivity contribution in [2.75, 3.05) is 23.3 Å². The Labute approximate surface area is 157 Å². The molecule has 2 aromatic heterocycles. The molecule has 1 unspecified atom stereocenters. The number of hydrogen-bond donors (Lipinski definition) is 1. The number of piperidine rings is 1. The van der Waals surface area contributed by atoms with Gasteiger partial charge in [-0.3, -0.25) is 4.79 Å². The highest BCUT2D eigenvalue weighted by Crippen LogP contribution is 2.31. The third kappa shape index (κ3) is 3.44. The smallest absolute Gasteiger partial charge is 0.229 e. The van der Waals surface area contributed by atoms with E-state index in [0.717, 1.165) is 43.9 Å². The summed E-state index contributed by atoms with van der Waals surface area (Å²) in [5.41, 5.74) is 2.16. The summed E-state index contributed by atoms with van der Waals surface area (Å²) in [6, 6.07) is 12.3. The van der Waals surface area contributed by atoms with Crippen LogP contribution in [0.1, 0.15) is 25.3 Å². The number of aryl methyl sites for hydroxylation is 1. The molecular formula is C21H23N3OS. The molecule has 1 saturated heterocycles. The Bertz CT molecular complexity index is 903. The zero-order valence-corrected chi connectivity index (χ0v) is 15.8. The van der Waals surface area contributed by atoms with Gasteiger partial charge in [0.05, 0.1) is 5.92 Å². The first kappa shape index (κ1) is 17.0. The molecule has 0 aliphatic carbocycles. The SMILES string of the molecule is CCc1ccc(NC(=O)C2CCCN(c3nccc4sccc34)C2)cc1. The van der Waals surface area contributed by atoms with Crippen LogP contribution in [0.25, 0.3) is 10.1 Å². The van der Waals surface area contributed by atoms with Crippen LogP contribution >= 0.6 is 11.3 Å². The van der Waals surface area contributed by atoms with Crippen LogP contribution < -0.4 is 10.2 Å². The second-order valence-electron chi connectivity index (χ2n) is 6.79. The highest BCUT2D eigenvalue weighted by molar-refractivity contribution is 7.17. The molecule has 1 aliphatic heterocycles. The molecule has 3 aromatic rings. The normalized spacial score (nSPS) is 17.4. The quantitative estimate of drug-likeness (QED) is 0.728. The van der Waals surface area contributed by atoms with Crippen LogP contribution in [-0.2, 0) is 11.2 Å². The number of nitrogens with zero attached hydrogens (tertiary/aromatic N) is 2. The summed E-state index contributed by atoms with van der Waals surface area (Å²) in [7, 11) is 0. The van der Waals surface area contributed by atoms with E-state index in [-0.39, 0.29) is 11.8 Å². The molecule has 26 heavy (non-hydrogen) atoms. The molecular weight excluding hydrogens is 342 g/mol. The number of aromatic nitrogens is 1. The first-order valence-corrected chi connectivity index (χ1v) is 10.1. The van der Waals surface area contributed by atoms with Gasteiger partial charge in [-0.1, -0.05) is 19.1 Å². The second kappa shape index (κ2) is 7.46. The first-order valence-electron chi connectivity index (χ1n) is 9.21. The maximum Gasteiger partial charge on any atom is 0.229 e. The van der Waals surface area contributed by atoms with Gasteiger partial charge in [-0.2, -0.15) is 0 Å². The summed E-state index contributed by atoms with van der Waals surface area (Å²) < 4.78 is 1.25. The second-order valence-corrected chi connectivity index (χ2v) is 7.74. The van der Waals surface area contributed by atoms with Crippen molar-refractivity contribution in [2.24, 2.45) is 5.92 Å². The Kier molecular flexibility index (Phi) is 4.89. The van der Waals surface area contributed by atoms with Gasteiger partial charge in [0.2, 0.25) is 5.91 Å². The molecule has 0 saturated carbocycles. The lowest BCUT2D eigenvalue weighted by Gasteiger charge is -2.33. The number of carbonyl (C=O) groups excluding carboxylic acids is 1. The molecule has 3 heterocycles. The molecule has 0 spiro atoms. The van der Waals surface area contributed by atoms with E-state index in [1.54, 1.807) is 11.3 Å². The van der Waals surface area contributed by atoms with E-state index in [2.05, 4.69) is 51.8 Å². The third-order valence-electron chi connectivity index (χ3n) is 5.08. The van der Waals surface area contributed by atoms with Crippen molar-refractivity contribution in [3.05, 3.63) is 53.5 Å². The molecule has 1 atom stereocenters. The zero-order valence-electron chi connectivity index (χ0n) is 14.9. The van der Waals surface area contributed by atoms with Crippen molar-refractivity contribution in [1.29, 1.82) is 0 Å². The maximum atomic E-state index is 12.8. The summed E-state index contributed by atoms with van der Waals surface area (Å²) in [5, 5.41) is 6.37. The average molecular weight is 366 g/mol. The Hall–Kier alpha value is -2.40. The fourth-order valence-electron chi connectivity index (χ4n) is 3.58. The number of nitrogens with one attached hydrogen (secondary N) is 1. The van der Waals surface area contributed by atoms with Crippen LogP contribution in [0.2, 0.25) is 0 Å². The fraction of sp³-hybridized carbons (Fsp3) is 0.333. The van der Waals surface area contributed by atoms with Crippen LogP contribution in [0.5, 0.6) is 0 Å². The number of benzene rings is 1. The summed E-state index contributed by atoms with van der Waals surface area (Å²) in [4.78, 5) is 19.6. The number of pyridine rings is 1. The van der Waals surface area contributed by atoms with E-state index >= 15 is 0 Å². The summed E-state index contributed by atoms with van der Waals surface area (Å²) in [6.45, 7) is 3.81. The lowest BCUT2D eigenvalue weighted by Crippen LogP contribution is -2.41. The van der Waals surface area contributed by atoms with Gasteiger partial charge in [0, 0.05) is 35.1 Å². The van der Waals surface area contributed by atoms with E-state index in [1.165, 1.54) is 15.6 Å². The molecule has 134 valence electrons. The molecule has 4 rings (SSSR count). The summed E-state index contributed by atoms with van der Waals surface area (Å²) in [6.07, 6.45) is 4.81. The number of hydrogen-bond acceptors (Lipinski definition) is 4. The van der Waals surface area contributed by atoms with Gasteiger partial charge < -0.3 is 10.2 Å². The number of amides is 1. The van der Waals surface area contributed by atoms with Crippen molar-refractivity contribution < 1.29 is 4.79 Å². The number of carbonyl (C=O) groups is 1. The van der Waals surface area contributed by atoms with Crippen LogP contribution in [-0.4, -0.2) is 24.0 Å². The Balaban J connectivity index is 1.47. The minimum atomic E-state index is -0.00899. The van der Waals surface area contributed by atoms with Gasteiger partial charge in [-0.25, -0.2) is 4.98 Å². The van der Waals surface area contributed by atoms with E-state index in [1.807, 2.05) is 18.3 Å². The van der Waals surface area contributed by atoms with E-state index in [0.29, 0.717) is 0 Å². The summed E-state index contributed by atoms with van der Waals surface area (Å²) in [5.74, 6) is 1.11. The number of fused-ring (bicyclic) bond motifs is 1. The predicted molar refractivity (Wildman–Crippen MR) is 109 cm³/mol. The van der Waals surface area contributed by atoms with Crippen LogP contribution in [0.3, 0.4) is 0 Å². The molecule has 5 heteroatoms. The van der Waals surface area contributed by atoms with Crippen molar-refractivity contribution in [3.63, 3.8) is 0 Å². The fourth-order valence-corrected chi connectivity index (χ4v) is 4.36.